The quantitative estimate of drug-likeness (QED) is 0.884. The van der Waals surface area contributed by atoms with Gasteiger partial charge in [0.15, 0.2) is 0 Å². The van der Waals surface area contributed by atoms with Crippen LogP contribution < -0.4 is 10.2 Å². The van der Waals surface area contributed by atoms with Crippen LogP contribution in [-0.2, 0) is 0 Å². The molecule has 2 aromatic rings. The summed E-state index contributed by atoms with van der Waals surface area (Å²) in [6.45, 7) is 4.37. The van der Waals surface area contributed by atoms with Gasteiger partial charge in [0, 0.05) is 31.7 Å². The van der Waals surface area contributed by atoms with E-state index in [1.807, 2.05) is 18.2 Å². The number of hydrogen-bond donors (Lipinski definition) is 1. The van der Waals surface area contributed by atoms with Crippen LogP contribution in [0.25, 0.3) is 0 Å². The second-order valence-corrected chi connectivity index (χ2v) is 7.50. The molecule has 0 radical (unpaired) electrons. The topological polar surface area (TPSA) is 48.5 Å². The molecule has 2 aliphatic rings. The molecule has 2 aliphatic heterocycles. The van der Waals surface area contributed by atoms with Crippen molar-refractivity contribution >= 4 is 11.7 Å². The van der Waals surface area contributed by atoms with E-state index in [0.29, 0.717) is 17.8 Å². The number of aromatic nitrogens is 1. The Hall–Kier alpha value is -2.47. The lowest BCUT2D eigenvalue weighted by atomic mass is 9.94. The average Bonchev–Trinajstić information content (AvgIpc) is 3.03. The van der Waals surface area contributed by atoms with Gasteiger partial charge in [-0.05, 0) is 50.4 Å². The van der Waals surface area contributed by atoms with Crippen molar-refractivity contribution < 1.29 is 9.18 Å². The van der Waals surface area contributed by atoms with Crippen molar-refractivity contribution in [2.45, 2.75) is 31.7 Å². The number of carbonyl (C=O) groups is 1. The predicted octanol–water partition coefficient (Wildman–Crippen LogP) is 3.39. The maximum absolute atomic E-state index is 14.4. The van der Waals surface area contributed by atoms with Gasteiger partial charge in [0.2, 0.25) is 0 Å². The summed E-state index contributed by atoms with van der Waals surface area (Å²) in [5, 5.41) is 3.39. The number of benzene rings is 1. The second kappa shape index (κ2) is 8.69. The Labute approximate surface area is 165 Å². The van der Waals surface area contributed by atoms with Crippen LogP contribution in [0, 0.1) is 5.82 Å². The Morgan fingerprint density at radius 2 is 1.89 bits per heavy atom. The van der Waals surface area contributed by atoms with Crippen molar-refractivity contribution in [1.29, 1.82) is 0 Å². The molecule has 2 saturated heterocycles. The summed E-state index contributed by atoms with van der Waals surface area (Å²) in [6.07, 6.45) is 3.77. The van der Waals surface area contributed by atoms with Crippen LogP contribution in [0.5, 0.6) is 0 Å². The molecule has 2 fully saturated rings. The zero-order chi connectivity index (χ0) is 19.3. The van der Waals surface area contributed by atoms with Gasteiger partial charge in [-0.25, -0.2) is 9.37 Å². The number of anilines is 1. The monoisotopic (exact) mass is 382 g/mol. The Morgan fingerprint density at radius 3 is 2.79 bits per heavy atom. The van der Waals surface area contributed by atoms with Gasteiger partial charge in [-0.2, -0.15) is 0 Å². The van der Waals surface area contributed by atoms with Gasteiger partial charge in [0.1, 0.15) is 17.3 Å². The molecule has 1 aromatic carbocycles. The highest BCUT2D eigenvalue weighted by Crippen LogP contribution is 2.33. The summed E-state index contributed by atoms with van der Waals surface area (Å²) in [4.78, 5) is 22.0. The number of rotatable bonds is 3. The molecule has 4 rings (SSSR count). The molecule has 1 unspecified atom stereocenters. The van der Waals surface area contributed by atoms with Crippen LogP contribution in [0.4, 0.5) is 10.2 Å². The molecule has 1 aromatic heterocycles. The van der Waals surface area contributed by atoms with E-state index in [9.17, 15) is 9.18 Å². The lowest BCUT2D eigenvalue weighted by Crippen LogP contribution is -2.39. The molecule has 1 atom stereocenters. The first kappa shape index (κ1) is 18.9. The number of halogens is 1. The molecule has 3 heterocycles. The SMILES string of the molecule is O=C(c1cccc(N2CCCNCC2)n1)N1CCCCC1c1ccccc1F. The zero-order valence-electron chi connectivity index (χ0n) is 16.1. The molecule has 28 heavy (non-hydrogen) atoms. The van der Waals surface area contributed by atoms with Gasteiger partial charge in [0.05, 0.1) is 6.04 Å². The maximum Gasteiger partial charge on any atom is 0.273 e. The number of nitrogens with zero attached hydrogens (tertiary/aromatic N) is 3. The summed E-state index contributed by atoms with van der Waals surface area (Å²) >= 11 is 0. The van der Waals surface area contributed by atoms with Gasteiger partial charge in [-0.1, -0.05) is 24.3 Å². The van der Waals surface area contributed by atoms with E-state index >= 15 is 0 Å². The number of hydrogen-bond acceptors (Lipinski definition) is 4. The number of nitrogens with one attached hydrogen (secondary N) is 1. The average molecular weight is 382 g/mol. The van der Waals surface area contributed by atoms with Crippen LogP contribution in [0.15, 0.2) is 42.5 Å². The fourth-order valence-electron chi connectivity index (χ4n) is 4.18. The second-order valence-electron chi connectivity index (χ2n) is 7.50. The number of amides is 1. The smallest absolute Gasteiger partial charge is 0.273 e. The van der Waals surface area contributed by atoms with E-state index in [0.717, 1.165) is 57.7 Å². The molecule has 0 bridgehead atoms. The van der Waals surface area contributed by atoms with E-state index in [2.05, 4.69) is 15.2 Å². The van der Waals surface area contributed by atoms with E-state index < -0.39 is 0 Å². The minimum atomic E-state index is -0.244. The predicted molar refractivity (Wildman–Crippen MR) is 108 cm³/mol. The van der Waals surface area contributed by atoms with Gasteiger partial charge in [-0.15, -0.1) is 0 Å². The Morgan fingerprint density at radius 1 is 1.00 bits per heavy atom. The molecule has 6 heteroatoms. The van der Waals surface area contributed by atoms with Gasteiger partial charge in [0.25, 0.3) is 5.91 Å². The molecular weight excluding hydrogens is 355 g/mol. The molecular formula is C22H27FN4O. The first-order valence-corrected chi connectivity index (χ1v) is 10.2. The van der Waals surface area contributed by atoms with Crippen molar-refractivity contribution in [2.75, 3.05) is 37.6 Å². The third-order valence-corrected chi connectivity index (χ3v) is 5.65. The van der Waals surface area contributed by atoms with E-state index in [1.54, 1.807) is 23.1 Å². The fourth-order valence-corrected chi connectivity index (χ4v) is 4.18. The highest BCUT2D eigenvalue weighted by atomic mass is 19.1. The largest absolute Gasteiger partial charge is 0.355 e. The van der Waals surface area contributed by atoms with Crippen LogP contribution in [0.3, 0.4) is 0 Å². The molecule has 0 saturated carbocycles. The summed E-state index contributed by atoms with van der Waals surface area (Å²) in [7, 11) is 0. The van der Waals surface area contributed by atoms with Crippen molar-refractivity contribution in [3.8, 4) is 0 Å². The molecule has 1 N–H and O–H groups in total. The van der Waals surface area contributed by atoms with Crippen LogP contribution in [-0.4, -0.2) is 48.5 Å². The van der Waals surface area contributed by atoms with E-state index in [4.69, 9.17) is 0 Å². The Bertz CT molecular complexity index is 820. The maximum atomic E-state index is 14.4. The highest BCUT2D eigenvalue weighted by molar-refractivity contribution is 5.93. The number of piperidine rings is 1. The first-order chi connectivity index (χ1) is 13.7. The van der Waals surface area contributed by atoms with Gasteiger partial charge in [-0.3, -0.25) is 4.79 Å². The minimum absolute atomic E-state index is 0.109. The molecule has 0 aliphatic carbocycles. The van der Waals surface area contributed by atoms with Gasteiger partial charge >= 0.3 is 0 Å². The van der Waals surface area contributed by atoms with Crippen LogP contribution >= 0.6 is 0 Å². The van der Waals surface area contributed by atoms with Crippen molar-refractivity contribution in [1.82, 2.24) is 15.2 Å². The van der Waals surface area contributed by atoms with E-state index in [1.165, 1.54) is 6.07 Å². The third kappa shape index (κ3) is 4.02. The summed E-state index contributed by atoms with van der Waals surface area (Å²) < 4.78 is 14.4. The van der Waals surface area contributed by atoms with Crippen molar-refractivity contribution in [2.24, 2.45) is 0 Å². The number of pyridine rings is 1. The minimum Gasteiger partial charge on any atom is -0.355 e. The molecule has 148 valence electrons. The highest BCUT2D eigenvalue weighted by Gasteiger charge is 2.31. The number of carbonyl (C=O) groups excluding carboxylic acids is 1. The summed E-state index contributed by atoms with van der Waals surface area (Å²) in [5.41, 5.74) is 1.04. The molecule has 1 amide bonds. The fraction of sp³-hybridized carbons (Fsp3) is 0.455. The standard InChI is InChI=1S/C22H27FN4O/c23-18-8-2-1-7-17(18)20-10-3-4-15-27(20)22(28)19-9-5-11-21(25-19)26-14-6-12-24-13-16-26/h1-2,5,7-9,11,20,24H,3-4,6,10,12-16H2. The molecule has 5 nitrogen and oxygen atoms in total. The Balaban J connectivity index is 1.59. The van der Waals surface area contributed by atoms with Crippen molar-refractivity contribution in [3.05, 3.63) is 59.5 Å². The normalized spacial score (nSPS) is 20.7. The lowest BCUT2D eigenvalue weighted by molar-refractivity contribution is 0.0601. The lowest BCUT2D eigenvalue weighted by Gasteiger charge is -2.36. The number of likely N-dealkylation sites (tertiary alicyclic amines) is 1. The Kier molecular flexibility index (Phi) is 5.86. The summed E-state index contributed by atoms with van der Waals surface area (Å²) in [6, 6.07) is 12.2. The first-order valence-electron chi connectivity index (χ1n) is 10.2. The third-order valence-electron chi connectivity index (χ3n) is 5.65. The van der Waals surface area contributed by atoms with Gasteiger partial charge < -0.3 is 15.1 Å². The van der Waals surface area contributed by atoms with E-state index in [-0.39, 0.29) is 17.8 Å². The summed E-state index contributed by atoms with van der Waals surface area (Å²) in [5.74, 6) is 0.489. The zero-order valence-corrected chi connectivity index (χ0v) is 16.1. The van der Waals surface area contributed by atoms with Crippen LogP contribution in [0.2, 0.25) is 0 Å². The van der Waals surface area contributed by atoms with Crippen molar-refractivity contribution in [3.63, 3.8) is 0 Å². The van der Waals surface area contributed by atoms with Crippen LogP contribution in [0.1, 0.15) is 47.8 Å². The molecule has 0 spiro atoms.